The van der Waals surface area contributed by atoms with Gasteiger partial charge in [-0.2, -0.15) is 0 Å². The number of methoxy groups -OCH3 is 2. The molecule has 0 radical (unpaired) electrons. The minimum Gasteiger partial charge on any atom is -0.493 e. The molecule has 0 saturated heterocycles. The number of carbonyl (C=O) groups is 1. The minimum absolute atomic E-state index is 0.0880. The van der Waals surface area contributed by atoms with E-state index in [2.05, 4.69) is 10.4 Å². The van der Waals surface area contributed by atoms with E-state index in [-0.39, 0.29) is 28.5 Å². The predicted molar refractivity (Wildman–Crippen MR) is 105 cm³/mol. The summed E-state index contributed by atoms with van der Waals surface area (Å²) in [7, 11) is 3.17. The van der Waals surface area contributed by atoms with Crippen molar-refractivity contribution in [3.8, 4) is 11.5 Å². The lowest BCUT2D eigenvalue weighted by molar-refractivity contribution is -0.113. The number of nitrogens with one attached hydrogen (secondary N) is 2. The molecule has 1 aliphatic heterocycles. The quantitative estimate of drug-likeness (QED) is 0.839. The Morgan fingerprint density at radius 2 is 1.85 bits per heavy atom. The van der Waals surface area contributed by atoms with E-state index in [0.29, 0.717) is 22.9 Å². The van der Waals surface area contributed by atoms with Gasteiger partial charge in [-0.1, -0.05) is 18.9 Å². The summed E-state index contributed by atoms with van der Waals surface area (Å²) in [4.78, 5) is 25.2. The summed E-state index contributed by atoms with van der Waals surface area (Å²) in [5.74, 6) is 2.05. The second-order valence-electron chi connectivity index (χ2n) is 6.87. The van der Waals surface area contributed by atoms with Crippen LogP contribution < -0.4 is 20.3 Å². The number of benzene rings is 1. The highest BCUT2D eigenvalue weighted by molar-refractivity contribution is 8.00. The molecule has 144 valence electrons. The molecule has 1 aromatic carbocycles. The van der Waals surface area contributed by atoms with Crippen molar-refractivity contribution in [2.24, 2.45) is 0 Å². The zero-order valence-electron chi connectivity index (χ0n) is 15.4. The Morgan fingerprint density at radius 3 is 2.56 bits per heavy atom. The summed E-state index contributed by atoms with van der Waals surface area (Å²) < 4.78 is 12.6. The third-order valence-corrected chi connectivity index (χ3v) is 6.53. The van der Waals surface area contributed by atoms with Gasteiger partial charge in [0.05, 0.1) is 36.8 Å². The van der Waals surface area contributed by atoms with E-state index in [0.717, 1.165) is 31.2 Å². The molecule has 2 N–H and O–H groups in total. The molecule has 0 bridgehead atoms. The molecule has 4 rings (SSSR count). The SMILES string of the molecule is COc1ccc(C2SCC(=O)Nc3c2c(=O)[nH]n3C2CCCC2)cc1OC. The molecule has 7 nitrogen and oxygen atoms in total. The van der Waals surface area contributed by atoms with Crippen LogP contribution in [0.4, 0.5) is 5.82 Å². The maximum absolute atomic E-state index is 12.9. The van der Waals surface area contributed by atoms with E-state index < -0.39 is 0 Å². The lowest BCUT2D eigenvalue weighted by Gasteiger charge is -2.17. The number of hydrogen-bond donors (Lipinski definition) is 2. The number of anilines is 1. The van der Waals surface area contributed by atoms with Crippen molar-refractivity contribution in [2.45, 2.75) is 37.0 Å². The highest BCUT2D eigenvalue weighted by atomic mass is 32.2. The van der Waals surface area contributed by atoms with E-state index in [1.165, 1.54) is 11.8 Å². The van der Waals surface area contributed by atoms with Crippen LogP contribution in [0.25, 0.3) is 0 Å². The molecule has 1 saturated carbocycles. The van der Waals surface area contributed by atoms with E-state index in [1.54, 1.807) is 14.2 Å². The Bertz CT molecular complexity index is 914. The molecule has 1 aliphatic carbocycles. The van der Waals surface area contributed by atoms with Crippen molar-refractivity contribution in [2.75, 3.05) is 25.3 Å². The van der Waals surface area contributed by atoms with Crippen molar-refractivity contribution in [3.05, 3.63) is 39.7 Å². The third-order valence-electron chi connectivity index (χ3n) is 5.26. The molecule has 2 heterocycles. The van der Waals surface area contributed by atoms with Gasteiger partial charge >= 0.3 is 0 Å². The van der Waals surface area contributed by atoms with Crippen LogP contribution in [0.1, 0.15) is 48.1 Å². The molecule has 8 heteroatoms. The first kappa shape index (κ1) is 18.0. The number of carbonyl (C=O) groups excluding carboxylic acids is 1. The number of fused-ring (bicyclic) bond motifs is 1. The normalized spacial score (nSPS) is 20.1. The van der Waals surface area contributed by atoms with E-state index in [9.17, 15) is 9.59 Å². The van der Waals surface area contributed by atoms with Crippen LogP contribution in [0.3, 0.4) is 0 Å². The van der Waals surface area contributed by atoms with Gasteiger partial charge in [0.2, 0.25) is 5.91 Å². The van der Waals surface area contributed by atoms with Gasteiger partial charge in [-0.25, -0.2) is 0 Å². The summed E-state index contributed by atoms with van der Waals surface area (Å²) in [5.41, 5.74) is 1.36. The second kappa shape index (κ2) is 7.34. The van der Waals surface area contributed by atoms with E-state index in [1.807, 2.05) is 22.9 Å². The highest BCUT2D eigenvalue weighted by Crippen LogP contribution is 2.43. The number of hydrogen-bond acceptors (Lipinski definition) is 5. The first-order valence-corrected chi connectivity index (χ1v) is 10.1. The molecule has 2 aromatic rings. The number of rotatable bonds is 4. The molecule has 27 heavy (non-hydrogen) atoms. The summed E-state index contributed by atoms with van der Waals surface area (Å²) >= 11 is 1.45. The van der Waals surface area contributed by atoms with Gasteiger partial charge in [0, 0.05) is 0 Å². The molecular weight excluding hydrogens is 366 g/mol. The fourth-order valence-corrected chi connectivity index (χ4v) is 5.07. The van der Waals surface area contributed by atoms with E-state index >= 15 is 0 Å². The van der Waals surface area contributed by atoms with Gasteiger partial charge < -0.3 is 14.8 Å². The van der Waals surface area contributed by atoms with Gasteiger partial charge in [-0.15, -0.1) is 11.8 Å². The molecule has 1 atom stereocenters. The Labute approximate surface area is 161 Å². The van der Waals surface area contributed by atoms with Crippen LogP contribution in [0.5, 0.6) is 11.5 Å². The van der Waals surface area contributed by atoms with Crippen molar-refractivity contribution < 1.29 is 14.3 Å². The number of nitrogens with zero attached hydrogens (tertiary/aromatic N) is 1. The number of ether oxygens (including phenoxy) is 2. The van der Waals surface area contributed by atoms with Crippen LogP contribution >= 0.6 is 11.8 Å². The summed E-state index contributed by atoms with van der Waals surface area (Å²) in [6.07, 6.45) is 4.31. The van der Waals surface area contributed by atoms with Gasteiger partial charge in [0.1, 0.15) is 5.82 Å². The maximum atomic E-state index is 12.9. The predicted octanol–water partition coefficient (Wildman–Crippen LogP) is 3.08. The zero-order chi connectivity index (χ0) is 19.0. The zero-order valence-corrected chi connectivity index (χ0v) is 16.2. The Hall–Kier alpha value is -2.35. The summed E-state index contributed by atoms with van der Waals surface area (Å²) in [6.45, 7) is 0. The second-order valence-corrected chi connectivity index (χ2v) is 7.96. The van der Waals surface area contributed by atoms with Crippen molar-refractivity contribution in [3.63, 3.8) is 0 Å². The number of amides is 1. The lowest BCUT2D eigenvalue weighted by atomic mass is 10.1. The highest BCUT2D eigenvalue weighted by Gasteiger charge is 2.33. The fourth-order valence-electron chi connectivity index (χ4n) is 3.96. The Balaban J connectivity index is 1.82. The van der Waals surface area contributed by atoms with Crippen molar-refractivity contribution in [1.82, 2.24) is 9.78 Å². The van der Waals surface area contributed by atoms with Gasteiger partial charge in [0.15, 0.2) is 11.5 Å². The standard InChI is InChI=1S/C19H23N3O4S/c1-25-13-8-7-11(9-14(13)26-2)17-16-18(20-15(23)10-27-17)22(21-19(16)24)12-5-3-4-6-12/h7-9,12,17H,3-6,10H2,1-2H3,(H,20,23)(H,21,24). The van der Waals surface area contributed by atoms with Crippen LogP contribution in [-0.2, 0) is 4.79 Å². The van der Waals surface area contributed by atoms with Gasteiger partial charge in [-0.05, 0) is 30.5 Å². The largest absolute Gasteiger partial charge is 0.493 e. The van der Waals surface area contributed by atoms with Crippen molar-refractivity contribution >= 4 is 23.5 Å². The summed E-state index contributed by atoms with van der Waals surface area (Å²) in [6, 6.07) is 5.86. The molecule has 2 aliphatic rings. The van der Waals surface area contributed by atoms with Crippen molar-refractivity contribution in [1.29, 1.82) is 0 Å². The maximum Gasteiger partial charge on any atom is 0.270 e. The molecular formula is C19H23N3O4S. The number of thioether (sulfide) groups is 1. The van der Waals surface area contributed by atoms with Gasteiger partial charge in [0.25, 0.3) is 5.56 Å². The van der Waals surface area contributed by atoms with Crippen LogP contribution in [0.2, 0.25) is 0 Å². The topological polar surface area (TPSA) is 85.4 Å². The first-order valence-electron chi connectivity index (χ1n) is 9.10. The Morgan fingerprint density at radius 1 is 1.11 bits per heavy atom. The van der Waals surface area contributed by atoms with Crippen LogP contribution in [-0.4, -0.2) is 35.7 Å². The molecule has 0 spiro atoms. The average Bonchev–Trinajstić information content (AvgIpc) is 3.27. The third kappa shape index (κ3) is 3.22. The van der Waals surface area contributed by atoms with Crippen LogP contribution in [0, 0.1) is 0 Å². The monoisotopic (exact) mass is 389 g/mol. The number of H-pyrrole nitrogens is 1. The molecule has 1 fully saturated rings. The molecule has 1 aromatic heterocycles. The first-order chi connectivity index (χ1) is 13.1. The number of aromatic nitrogens is 2. The minimum atomic E-state index is -0.259. The fraction of sp³-hybridized carbons (Fsp3) is 0.474. The molecule has 1 unspecified atom stereocenters. The summed E-state index contributed by atoms with van der Waals surface area (Å²) in [5, 5.41) is 5.67. The van der Waals surface area contributed by atoms with Crippen LogP contribution in [0.15, 0.2) is 23.0 Å². The van der Waals surface area contributed by atoms with E-state index in [4.69, 9.17) is 9.47 Å². The molecule has 1 amide bonds. The Kier molecular flexibility index (Phi) is 4.90. The lowest BCUT2D eigenvalue weighted by Crippen LogP contribution is -2.18. The average molecular weight is 389 g/mol. The smallest absolute Gasteiger partial charge is 0.270 e. The number of aromatic amines is 1. The van der Waals surface area contributed by atoms with Gasteiger partial charge in [-0.3, -0.25) is 19.4 Å².